The second-order valence-electron chi connectivity index (χ2n) is 2.02. The summed E-state index contributed by atoms with van der Waals surface area (Å²) in [6.45, 7) is 3.62. The van der Waals surface area contributed by atoms with Crippen molar-refractivity contribution in [2.75, 3.05) is 0 Å². The number of hydrogen-bond acceptors (Lipinski definition) is 3. The van der Waals surface area contributed by atoms with Gasteiger partial charge in [0.2, 0.25) is 0 Å². The lowest BCUT2D eigenvalue weighted by Crippen LogP contribution is -1.98. The molecule has 1 aromatic heterocycles. The molecular weight excluding hydrogens is 240 g/mol. The number of esters is 1. The van der Waals surface area contributed by atoms with Crippen molar-refractivity contribution in [2.45, 2.75) is 6.61 Å². The lowest BCUT2D eigenvalue weighted by atomic mass is 10.5. The smallest absolute Gasteiger partial charge is 0.330 e. The van der Waals surface area contributed by atoms with Gasteiger partial charge in [-0.15, -0.1) is 11.3 Å². The highest BCUT2D eigenvalue weighted by atomic mass is 79.9. The molecule has 1 aromatic rings. The van der Waals surface area contributed by atoms with Gasteiger partial charge in [0, 0.05) is 11.0 Å². The molecule has 1 rings (SSSR count). The number of carbonyl (C=O) groups excluding carboxylic acids is 1. The van der Waals surface area contributed by atoms with Gasteiger partial charge in [0.15, 0.2) is 0 Å². The van der Waals surface area contributed by atoms with E-state index in [1.807, 2.05) is 12.1 Å². The third-order valence-corrected chi connectivity index (χ3v) is 2.75. The van der Waals surface area contributed by atoms with E-state index in [9.17, 15) is 4.79 Å². The van der Waals surface area contributed by atoms with Crippen molar-refractivity contribution >= 4 is 33.2 Å². The third kappa shape index (κ3) is 2.79. The Morgan fingerprint density at radius 2 is 2.50 bits per heavy atom. The highest BCUT2D eigenvalue weighted by Gasteiger charge is 2.00. The van der Waals surface area contributed by atoms with Crippen molar-refractivity contribution < 1.29 is 9.53 Å². The van der Waals surface area contributed by atoms with Gasteiger partial charge in [0.05, 0.1) is 3.79 Å². The van der Waals surface area contributed by atoms with Crippen molar-refractivity contribution in [1.29, 1.82) is 0 Å². The monoisotopic (exact) mass is 246 g/mol. The van der Waals surface area contributed by atoms with Crippen LogP contribution < -0.4 is 0 Å². The summed E-state index contributed by atoms with van der Waals surface area (Å²) < 4.78 is 5.86. The zero-order valence-electron chi connectivity index (χ0n) is 6.25. The Morgan fingerprint density at radius 3 is 3.00 bits per heavy atom. The van der Waals surface area contributed by atoms with Crippen LogP contribution in [0.15, 0.2) is 28.6 Å². The molecule has 0 aromatic carbocycles. The van der Waals surface area contributed by atoms with Crippen LogP contribution in [0.5, 0.6) is 0 Å². The van der Waals surface area contributed by atoms with Crippen LogP contribution in [0.1, 0.15) is 4.88 Å². The molecule has 0 aliphatic rings. The van der Waals surface area contributed by atoms with Crippen LogP contribution in [0, 0.1) is 0 Å². The predicted octanol–water partition coefficient (Wildman–Crippen LogP) is 2.74. The Balaban J connectivity index is 2.43. The number of hydrogen-bond donors (Lipinski definition) is 0. The summed E-state index contributed by atoms with van der Waals surface area (Å²) in [5, 5.41) is 0. The van der Waals surface area contributed by atoms with Crippen LogP contribution >= 0.6 is 27.3 Å². The first-order valence-electron chi connectivity index (χ1n) is 3.26. The van der Waals surface area contributed by atoms with Gasteiger partial charge in [0.25, 0.3) is 0 Å². The van der Waals surface area contributed by atoms with E-state index in [1.54, 1.807) is 11.3 Å². The Labute approximate surface area is 83.0 Å². The topological polar surface area (TPSA) is 26.3 Å². The Morgan fingerprint density at radius 1 is 1.75 bits per heavy atom. The average molecular weight is 247 g/mol. The second kappa shape index (κ2) is 4.42. The fourth-order valence-corrected chi connectivity index (χ4v) is 2.03. The number of rotatable bonds is 3. The Kier molecular flexibility index (Phi) is 3.49. The van der Waals surface area contributed by atoms with E-state index in [0.717, 1.165) is 14.7 Å². The normalized spacial score (nSPS) is 9.42. The van der Waals surface area contributed by atoms with Gasteiger partial charge in [-0.05, 0) is 28.1 Å². The van der Waals surface area contributed by atoms with Crippen molar-refractivity contribution in [3.05, 3.63) is 33.5 Å². The van der Waals surface area contributed by atoms with E-state index in [2.05, 4.69) is 22.5 Å². The lowest BCUT2D eigenvalue weighted by Gasteiger charge is -1.96. The predicted molar refractivity (Wildman–Crippen MR) is 52.0 cm³/mol. The van der Waals surface area contributed by atoms with E-state index < -0.39 is 0 Å². The molecule has 12 heavy (non-hydrogen) atoms. The first-order chi connectivity index (χ1) is 5.72. The molecule has 2 nitrogen and oxygen atoms in total. The first kappa shape index (κ1) is 9.48. The molecule has 1 heterocycles. The third-order valence-electron chi connectivity index (χ3n) is 1.15. The van der Waals surface area contributed by atoms with Gasteiger partial charge < -0.3 is 4.74 Å². The van der Waals surface area contributed by atoms with Crippen LogP contribution in [-0.2, 0) is 16.1 Å². The van der Waals surface area contributed by atoms with Gasteiger partial charge in [-0.3, -0.25) is 0 Å². The molecule has 0 fully saturated rings. The highest BCUT2D eigenvalue weighted by molar-refractivity contribution is 9.11. The molecule has 0 spiro atoms. The molecule has 0 atom stereocenters. The van der Waals surface area contributed by atoms with Crippen LogP contribution in [0.2, 0.25) is 0 Å². The van der Waals surface area contributed by atoms with Crippen LogP contribution in [0.4, 0.5) is 0 Å². The molecule has 0 saturated carbocycles. The molecule has 0 bridgehead atoms. The molecule has 0 radical (unpaired) electrons. The molecule has 0 aliphatic heterocycles. The van der Waals surface area contributed by atoms with E-state index >= 15 is 0 Å². The summed E-state index contributed by atoms with van der Waals surface area (Å²) >= 11 is 4.86. The molecule has 0 saturated heterocycles. The van der Waals surface area contributed by atoms with Crippen molar-refractivity contribution in [3.8, 4) is 0 Å². The van der Waals surface area contributed by atoms with Crippen LogP contribution in [-0.4, -0.2) is 5.97 Å². The maximum absolute atomic E-state index is 10.6. The largest absolute Gasteiger partial charge is 0.457 e. The molecule has 4 heteroatoms. The number of thiophene rings is 1. The summed E-state index contributed by atoms with van der Waals surface area (Å²) in [7, 11) is 0. The molecular formula is C8H7BrO2S. The molecule has 0 unspecified atom stereocenters. The SMILES string of the molecule is C=CC(=O)OCc1ccc(Br)s1. The number of halogens is 1. The summed E-state index contributed by atoms with van der Waals surface area (Å²) in [5.41, 5.74) is 0. The maximum Gasteiger partial charge on any atom is 0.330 e. The van der Waals surface area contributed by atoms with E-state index in [-0.39, 0.29) is 5.97 Å². The zero-order valence-corrected chi connectivity index (χ0v) is 8.65. The average Bonchev–Trinajstić information content (AvgIpc) is 2.47. The minimum absolute atomic E-state index is 0.321. The minimum Gasteiger partial charge on any atom is -0.457 e. The van der Waals surface area contributed by atoms with Gasteiger partial charge in [-0.2, -0.15) is 0 Å². The number of carbonyl (C=O) groups is 1. The van der Waals surface area contributed by atoms with Gasteiger partial charge >= 0.3 is 5.97 Å². The molecule has 64 valence electrons. The molecule has 0 amide bonds. The summed E-state index contributed by atoms with van der Waals surface area (Å²) in [6.07, 6.45) is 1.16. The van der Waals surface area contributed by atoms with Gasteiger partial charge in [-0.25, -0.2) is 4.79 Å². The fourth-order valence-electron chi connectivity index (χ4n) is 0.631. The maximum atomic E-state index is 10.6. The first-order valence-corrected chi connectivity index (χ1v) is 4.86. The standard InChI is InChI=1S/C8H7BrO2S/c1-2-8(10)11-5-6-3-4-7(9)12-6/h2-4H,1,5H2. The highest BCUT2D eigenvalue weighted by Crippen LogP contribution is 2.22. The van der Waals surface area contributed by atoms with Crippen molar-refractivity contribution in [1.82, 2.24) is 0 Å². The summed E-state index contributed by atoms with van der Waals surface area (Å²) in [4.78, 5) is 11.7. The summed E-state index contributed by atoms with van der Waals surface area (Å²) in [5.74, 6) is -0.389. The van der Waals surface area contributed by atoms with Crippen molar-refractivity contribution in [3.63, 3.8) is 0 Å². The van der Waals surface area contributed by atoms with E-state index in [0.29, 0.717) is 6.61 Å². The Bertz CT molecular complexity index is 293. The fraction of sp³-hybridized carbons (Fsp3) is 0.125. The summed E-state index contributed by atoms with van der Waals surface area (Å²) in [6, 6.07) is 3.83. The zero-order chi connectivity index (χ0) is 8.97. The molecule has 0 N–H and O–H groups in total. The number of ether oxygens (including phenoxy) is 1. The lowest BCUT2D eigenvalue weighted by molar-refractivity contribution is -0.138. The van der Waals surface area contributed by atoms with E-state index in [1.165, 1.54) is 0 Å². The van der Waals surface area contributed by atoms with Gasteiger partial charge in [0.1, 0.15) is 6.61 Å². The van der Waals surface area contributed by atoms with Crippen LogP contribution in [0.25, 0.3) is 0 Å². The molecule has 0 aliphatic carbocycles. The van der Waals surface area contributed by atoms with Crippen molar-refractivity contribution in [2.24, 2.45) is 0 Å². The van der Waals surface area contributed by atoms with Gasteiger partial charge in [-0.1, -0.05) is 6.58 Å². The van der Waals surface area contributed by atoms with E-state index in [4.69, 9.17) is 4.74 Å². The minimum atomic E-state index is -0.389. The van der Waals surface area contributed by atoms with Crippen LogP contribution in [0.3, 0.4) is 0 Å². The second-order valence-corrected chi connectivity index (χ2v) is 4.57. The quantitative estimate of drug-likeness (QED) is 0.606. The Hall–Kier alpha value is -0.610.